The van der Waals surface area contributed by atoms with Gasteiger partial charge in [0.25, 0.3) is 0 Å². The highest BCUT2D eigenvalue weighted by atomic mass is 32.1. The standard InChI is InChI=1S/C10H17NOS/c1-3-5-11-9(7-12)10-8(2)4-6-13-10/h4,6,9,11-12H,3,5,7H2,1-2H3. The van der Waals surface area contributed by atoms with Crippen molar-refractivity contribution in [2.75, 3.05) is 13.2 Å². The summed E-state index contributed by atoms with van der Waals surface area (Å²) in [4.78, 5) is 1.26. The quantitative estimate of drug-likeness (QED) is 0.761. The van der Waals surface area contributed by atoms with Crippen molar-refractivity contribution >= 4 is 11.3 Å². The maximum Gasteiger partial charge on any atom is 0.0652 e. The van der Waals surface area contributed by atoms with E-state index in [1.165, 1.54) is 10.4 Å². The average Bonchev–Trinajstić information content (AvgIpc) is 2.54. The number of aliphatic hydroxyl groups is 1. The summed E-state index contributed by atoms with van der Waals surface area (Å²) < 4.78 is 0. The monoisotopic (exact) mass is 199 g/mol. The second-order valence-electron chi connectivity index (χ2n) is 3.16. The van der Waals surface area contributed by atoms with Gasteiger partial charge in [-0.1, -0.05) is 6.92 Å². The molecule has 0 amide bonds. The molecule has 1 aromatic heterocycles. The van der Waals surface area contributed by atoms with E-state index in [1.807, 2.05) is 0 Å². The Hall–Kier alpha value is -0.380. The molecule has 74 valence electrons. The highest BCUT2D eigenvalue weighted by Crippen LogP contribution is 2.23. The number of aliphatic hydroxyl groups excluding tert-OH is 1. The summed E-state index contributed by atoms with van der Waals surface area (Å²) in [6, 6.07) is 2.22. The lowest BCUT2D eigenvalue weighted by atomic mass is 10.2. The van der Waals surface area contributed by atoms with E-state index in [-0.39, 0.29) is 12.6 Å². The molecular weight excluding hydrogens is 182 g/mol. The molecule has 0 aromatic carbocycles. The van der Waals surface area contributed by atoms with Crippen molar-refractivity contribution in [3.63, 3.8) is 0 Å². The van der Waals surface area contributed by atoms with Crippen LogP contribution in [0.15, 0.2) is 11.4 Å². The lowest BCUT2D eigenvalue weighted by Gasteiger charge is -2.15. The minimum Gasteiger partial charge on any atom is -0.394 e. The van der Waals surface area contributed by atoms with Crippen LogP contribution < -0.4 is 5.32 Å². The van der Waals surface area contributed by atoms with Crippen LogP contribution in [0.1, 0.15) is 29.8 Å². The van der Waals surface area contributed by atoms with Gasteiger partial charge in [0.05, 0.1) is 12.6 Å². The van der Waals surface area contributed by atoms with Crippen LogP contribution in [0.5, 0.6) is 0 Å². The van der Waals surface area contributed by atoms with Gasteiger partial charge in [0, 0.05) is 4.88 Å². The van der Waals surface area contributed by atoms with Gasteiger partial charge < -0.3 is 10.4 Å². The molecule has 0 spiro atoms. The van der Waals surface area contributed by atoms with Gasteiger partial charge in [-0.15, -0.1) is 11.3 Å². The molecule has 1 rings (SSSR count). The van der Waals surface area contributed by atoms with Crippen LogP contribution in [0.4, 0.5) is 0 Å². The van der Waals surface area contributed by atoms with Crippen LogP contribution in [0, 0.1) is 6.92 Å². The smallest absolute Gasteiger partial charge is 0.0652 e. The van der Waals surface area contributed by atoms with Crippen molar-refractivity contribution in [1.29, 1.82) is 0 Å². The molecule has 0 radical (unpaired) electrons. The fourth-order valence-corrected chi connectivity index (χ4v) is 2.29. The van der Waals surface area contributed by atoms with Crippen LogP contribution in [0.25, 0.3) is 0 Å². The second kappa shape index (κ2) is 5.37. The lowest BCUT2D eigenvalue weighted by molar-refractivity contribution is 0.246. The largest absolute Gasteiger partial charge is 0.394 e. The molecule has 0 aliphatic rings. The average molecular weight is 199 g/mol. The predicted molar refractivity (Wildman–Crippen MR) is 57.2 cm³/mol. The minimum atomic E-state index is 0.125. The molecule has 0 saturated heterocycles. The summed E-state index contributed by atoms with van der Waals surface area (Å²) in [5.74, 6) is 0. The molecule has 0 aliphatic heterocycles. The molecular formula is C10H17NOS. The van der Waals surface area contributed by atoms with E-state index >= 15 is 0 Å². The SMILES string of the molecule is CCCNC(CO)c1sccc1C. The highest BCUT2D eigenvalue weighted by Gasteiger charge is 2.12. The minimum absolute atomic E-state index is 0.125. The van der Waals surface area contributed by atoms with Gasteiger partial charge in [-0.3, -0.25) is 0 Å². The normalized spacial score (nSPS) is 13.2. The Labute approximate surface area is 83.6 Å². The van der Waals surface area contributed by atoms with Gasteiger partial charge in [-0.05, 0) is 36.9 Å². The summed E-state index contributed by atoms with van der Waals surface area (Å²) in [5.41, 5.74) is 1.27. The first-order valence-corrected chi connectivity index (χ1v) is 5.55. The van der Waals surface area contributed by atoms with E-state index in [4.69, 9.17) is 0 Å². The Morgan fingerprint density at radius 1 is 1.62 bits per heavy atom. The van der Waals surface area contributed by atoms with Crippen molar-refractivity contribution < 1.29 is 5.11 Å². The third-order valence-electron chi connectivity index (χ3n) is 2.04. The molecule has 0 fully saturated rings. The first-order chi connectivity index (χ1) is 6.29. The molecule has 0 aliphatic carbocycles. The van der Waals surface area contributed by atoms with Crippen molar-refractivity contribution in [2.24, 2.45) is 0 Å². The van der Waals surface area contributed by atoms with E-state index in [0.717, 1.165) is 13.0 Å². The topological polar surface area (TPSA) is 32.3 Å². The van der Waals surface area contributed by atoms with E-state index in [1.54, 1.807) is 11.3 Å². The fraction of sp³-hybridized carbons (Fsp3) is 0.600. The van der Waals surface area contributed by atoms with E-state index in [2.05, 4.69) is 30.6 Å². The molecule has 2 N–H and O–H groups in total. The zero-order valence-corrected chi connectivity index (χ0v) is 9.03. The van der Waals surface area contributed by atoms with Gasteiger partial charge in [-0.2, -0.15) is 0 Å². The number of nitrogens with one attached hydrogen (secondary N) is 1. The van der Waals surface area contributed by atoms with E-state index in [0.29, 0.717) is 0 Å². The molecule has 1 atom stereocenters. The Morgan fingerprint density at radius 3 is 2.85 bits per heavy atom. The Balaban J connectivity index is 2.61. The summed E-state index contributed by atoms with van der Waals surface area (Å²) in [5, 5.41) is 14.6. The van der Waals surface area contributed by atoms with Crippen LogP contribution >= 0.6 is 11.3 Å². The fourth-order valence-electron chi connectivity index (χ4n) is 1.30. The van der Waals surface area contributed by atoms with Gasteiger partial charge >= 0.3 is 0 Å². The molecule has 1 aromatic rings. The summed E-state index contributed by atoms with van der Waals surface area (Å²) in [6.07, 6.45) is 1.10. The van der Waals surface area contributed by atoms with Gasteiger partial charge in [0.1, 0.15) is 0 Å². The van der Waals surface area contributed by atoms with Gasteiger partial charge in [0.2, 0.25) is 0 Å². The zero-order chi connectivity index (χ0) is 9.68. The zero-order valence-electron chi connectivity index (χ0n) is 8.21. The third-order valence-corrected chi connectivity index (χ3v) is 3.17. The number of thiophene rings is 1. The van der Waals surface area contributed by atoms with Crippen molar-refractivity contribution in [3.8, 4) is 0 Å². The third kappa shape index (κ3) is 2.79. The first kappa shape index (κ1) is 10.7. The maximum atomic E-state index is 9.19. The molecule has 2 nitrogen and oxygen atoms in total. The van der Waals surface area contributed by atoms with Gasteiger partial charge in [0.15, 0.2) is 0 Å². The Kier molecular flexibility index (Phi) is 4.42. The molecule has 3 heteroatoms. The van der Waals surface area contributed by atoms with Crippen LogP contribution in [-0.4, -0.2) is 18.3 Å². The summed E-state index contributed by atoms with van der Waals surface area (Å²) in [6.45, 7) is 5.36. The number of hydrogen-bond acceptors (Lipinski definition) is 3. The summed E-state index contributed by atoms with van der Waals surface area (Å²) >= 11 is 1.71. The number of hydrogen-bond donors (Lipinski definition) is 2. The predicted octanol–water partition coefficient (Wildman–Crippen LogP) is 2.09. The molecule has 13 heavy (non-hydrogen) atoms. The Bertz CT molecular complexity index is 247. The maximum absolute atomic E-state index is 9.19. The van der Waals surface area contributed by atoms with Crippen molar-refractivity contribution in [2.45, 2.75) is 26.3 Å². The molecule has 0 saturated carbocycles. The number of aryl methyl sites for hydroxylation is 1. The second-order valence-corrected chi connectivity index (χ2v) is 4.10. The van der Waals surface area contributed by atoms with Crippen molar-refractivity contribution in [1.82, 2.24) is 5.32 Å². The van der Waals surface area contributed by atoms with E-state index in [9.17, 15) is 5.11 Å². The first-order valence-electron chi connectivity index (χ1n) is 4.67. The van der Waals surface area contributed by atoms with Crippen LogP contribution in [0.3, 0.4) is 0 Å². The van der Waals surface area contributed by atoms with Crippen LogP contribution in [0.2, 0.25) is 0 Å². The molecule has 1 unspecified atom stereocenters. The molecule has 1 heterocycles. The van der Waals surface area contributed by atoms with Gasteiger partial charge in [-0.25, -0.2) is 0 Å². The number of rotatable bonds is 5. The lowest BCUT2D eigenvalue weighted by Crippen LogP contribution is -2.24. The Morgan fingerprint density at radius 2 is 2.38 bits per heavy atom. The van der Waals surface area contributed by atoms with Crippen LogP contribution in [-0.2, 0) is 0 Å². The summed E-state index contributed by atoms with van der Waals surface area (Å²) in [7, 11) is 0. The molecule has 0 bridgehead atoms. The van der Waals surface area contributed by atoms with E-state index < -0.39 is 0 Å². The van der Waals surface area contributed by atoms with Crippen molar-refractivity contribution in [3.05, 3.63) is 21.9 Å². The highest BCUT2D eigenvalue weighted by molar-refractivity contribution is 7.10.